The molecule has 1 N–H and O–H groups in total. The third-order valence-electron chi connectivity index (χ3n) is 6.59. The lowest BCUT2D eigenvalue weighted by Crippen LogP contribution is -2.30. The maximum absolute atomic E-state index is 14.4. The molecule has 1 atom stereocenters. The maximum atomic E-state index is 14.4. The lowest BCUT2D eigenvalue weighted by Gasteiger charge is -2.27. The molecule has 0 spiro atoms. The lowest BCUT2D eigenvalue weighted by molar-refractivity contribution is -0.110. The fraction of sp³-hybridized carbons (Fsp3) is 0.242. The molecule has 0 aliphatic rings. The van der Waals surface area contributed by atoms with Crippen molar-refractivity contribution in [2.75, 3.05) is 28.4 Å². The second-order valence-electron chi connectivity index (χ2n) is 9.15. The average Bonchev–Trinajstić information content (AvgIpc) is 3.02. The minimum Gasteiger partial charge on any atom is -0.504 e. The molecule has 1 unspecified atom stereocenters. The van der Waals surface area contributed by atoms with Crippen LogP contribution in [0.5, 0.6) is 28.7 Å². The highest BCUT2D eigenvalue weighted by Gasteiger charge is 2.36. The Hall–Kier alpha value is -4.53. The summed E-state index contributed by atoms with van der Waals surface area (Å²) < 4.78 is 34.3. The predicted molar refractivity (Wildman–Crippen MR) is 154 cm³/mol. The Morgan fingerprint density at radius 2 is 1.27 bits per heavy atom. The summed E-state index contributed by atoms with van der Waals surface area (Å²) in [7, 11) is 5.89. The molecular weight excluding hydrogens is 524 g/mol. The first-order chi connectivity index (χ1) is 20.0. The molecule has 4 aromatic rings. The van der Waals surface area contributed by atoms with E-state index in [-0.39, 0.29) is 36.2 Å². The van der Waals surface area contributed by atoms with Gasteiger partial charge in [-0.05, 0) is 29.3 Å². The van der Waals surface area contributed by atoms with Gasteiger partial charge in [-0.15, -0.1) is 0 Å². The molecule has 8 nitrogen and oxygen atoms in total. The van der Waals surface area contributed by atoms with Crippen molar-refractivity contribution in [3.05, 3.63) is 113 Å². The van der Waals surface area contributed by atoms with E-state index < -0.39 is 12.2 Å². The summed E-state index contributed by atoms with van der Waals surface area (Å²) in [6.07, 6.45) is -1.00. The van der Waals surface area contributed by atoms with Crippen molar-refractivity contribution in [2.45, 2.75) is 25.4 Å². The van der Waals surface area contributed by atoms with Crippen LogP contribution in [-0.4, -0.2) is 45.6 Å². The number of methoxy groups -OCH3 is 4. The van der Waals surface area contributed by atoms with Gasteiger partial charge in [-0.3, -0.25) is 4.79 Å². The largest absolute Gasteiger partial charge is 0.504 e. The first-order valence-electron chi connectivity index (χ1n) is 13.0. The van der Waals surface area contributed by atoms with Gasteiger partial charge in [0, 0.05) is 31.9 Å². The first kappa shape index (κ1) is 29.5. The fourth-order valence-electron chi connectivity index (χ4n) is 4.47. The second-order valence-corrected chi connectivity index (χ2v) is 9.15. The van der Waals surface area contributed by atoms with Gasteiger partial charge in [0.2, 0.25) is 0 Å². The van der Waals surface area contributed by atoms with Crippen LogP contribution in [0.15, 0.2) is 91.0 Å². The number of carbonyl (C=O) groups is 1. The van der Waals surface area contributed by atoms with E-state index in [1.165, 1.54) is 27.4 Å². The molecule has 41 heavy (non-hydrogen) atoms. The molecule has 0 amide bonds. The van der Waals surface area contributed by atoms with Gasteiger partial charge in [0.05, 0.1) is 19.8 Å². The number of rotatable bonds is 14. The minimum absolute atomic E-state index is 0.131. The summed E-state index contributed by atoms with van der Waals surface area (Å²) in [5.41, 5.74) is 2.57. The molecule has 0 fully saturated rings. The maximum Gasteiger partial charge on any atom is 0.179 e. The first-order valence-corrected chi connectivity index (χ1v) is 13.0. The number of hydrogen-bond donors (Lipinski definition) is 1. The van der Waals surface area contributed by atoms with Crippen molar-refractivity contribution in [2.24, 2.45) is 0 Å². The summed E-state index contributed by atoms with van der Waals surface area (Å²) in [6, 6.07) is 27.2. The number of carbonyl (C=O) groups excluding carboxylic acids is 1. The van der Waals surface area contributed by atoms with Crippen molar-refractivity contribution in [3.8, 4) is 28.7 Å². The summed E-state index contributed by atoms with van der Waals surface area (Å²) >= 11 is 0. The van der Waals surface area contributed by atoms with Crippen LogP contribution < -0.4 is 18.9 Å². The van der Waals surface area contributed by atoms with Crippen molar-refractivity contribution < 1.29 is 38.3 Å². The van der Waals surface area contributed by atoms with E-state index in [1.54, 1.807) is 31.4 Å². The number of hydrogen-bond acceptors (Lipinski definition) is 8. The summed E-state index contributed by atoms with van der Waals surface area (Å²) in [6.45, 7) is 0.453. The zero-order valence-electron chi connectivity index (χ0n) is 23.5. The van der Waals surface area contributed by atoms with Crippen LogP contribution in [0.1, 0.15) is 33.0 Å². The highest BCUT2D eigenvalue weighted by molar-refractivity contribution is 6.04. The minimum atomic E-state index is -1.02. The van der Waals surface area contributed by atoms with Crippen molar-refractivity contribution >= 4 is 5.78 Å². The van der Waals surface area contributed by atoms with Crippen LogP contribution in [0.4, 0.5) is 0 Å². The molecule has 8 heteroatoms. The van der Waals surface area contributed by atoms with Gasteiger partial charge in [0.15, 0.2) is 23.6 Å². The van der Waals surface area contributed by atoms with Gasteiger partial charge in [-0.1, -0.05) is 60.7 Å². The zero-order chi connectivity index (χ0) is 29.2. The highest BCUT2D eigenvalue weighted by Crippen LogP contribution is 2.42. The van der Waals surface area contributed by atoms with E-state index in [0.717, 1.165) is 11.1 Å². The van der Waals surface area contributed by atoms with Crippen molar-refractivity contribution in [1.29, 1.82) is 0 Å². The Balaban J connectivity index is 1.78. The second kappa shape index (κ2) is 14.2. The molecule has 0 saturated heterocycles. The average molecular weight is 559 g/mol. The molecule has 214 valence electrons. The van der Waals surface area contributed by atoms with Gasteiger partial charge >= 0.3 is 0 Å². The number of aromatic hydroxyl groups is 1. The van der Waals surface area contributed by atoms with Crippen LogP contribution in [0, 0.1) is 0 Å². The summed E-state index contributed by atoms with van der Waals surface area (Å²) in [4.78, 5) is 14.4. The van der Waals surface area contributed by atoms with Gasteiger partial charge < -0.3 is 33.5 Å². The van der Waals surface area contributed by atoms with Crippen LogP contribution >= 0.6 is 0 Å². The van der Waals surface area contributed by atoms with Gasteiger partial charge in [-0.2, -0.15) is 0 Å². The van der Waals surface area contributed by atoms with Gasteiger partial charge in [0.25, 0.3) is 0 Å². The Labute approximate surface area is 240 Å². The van der Waals surface area contributed by atoms with Crippen LogP contribution in [0.3, 0.4) is 0 Å². The quantitative estimate of drug-likeness (QED) is 0.146. The van der Waals surface area contributed by atoms with E-state index in [2.05, 4.69) is 0 Å². The Morgan fingerprint density at radius 1 is 0.683 bits per heavy atom. The molecule has 0 radical (unpaired) electrons. The van der Waals surface area contributed by atoms with E-state index in [4.69, 9.17) is 28.4 Å². The molecule has 0 aliphatic heterocycles. The van der Waals surface area contributed by atoms with E-state index in [1.807, 2.05) is 60.7 Å². The van der Waals surface area contributed by atoms with E-state index >= 15 is 0 Å². The normalized spacial score (nSPS) is 11.6. The zero-order valence-corrected chi connectivity index (χ0v) is 23.5. The third-order valence-corrected chi connectivity index (χ3v) is 6.59. The smallest absolute Gasteiger partial charge is 0.179 e. The number of ketones is 1. The van der Waals surface area contributed by atoms with Crippen LogP contribution in [0.2, 0.25) is 0 Å². The number of phenols is 1. The van der Waals surface area contributed by atoms with Crippen LogP contribution in [-0.2, 0) is 22.7 Å². The molecule has 4 rings (SSSR count). The molecule has 0 saturated carbocycles. The SMILES string of the molecule is COc1ccc(C(=O)C(c2cc(OC)c(O)cc2OCc2ccccc2)C(OC)OC)c(OCc2ccccc2)c1. The molecule has 0 bridgehead atoms. The summed E-state index contributed by atoms with van der Waals surface area (Å²) in [5, 5.41) is 10.6. The molecule has 0 aliphatic carbocycles. The van der Waals surface area contributed by atoms with E-state index in [9.17, 15) is 9.90 Å². The fourth-order valence-corrected chi connectivity index (χ4v) is 4.47. The van der Waals surface area contributed by atoms with Gasteiger partial charge in [0.1, 0.15) is 36.4 Å². The molecule has 0 heterocycles. The number of ether oxygens (including phenoxy) is 6. The monoisotopic (exact) mass is 558 g/mol. The lowest BCUT2D eigenvalue weighted by atomic mass is 9.88. The number of phenolic OH excluding ortho intramolecular Hbond substituents is 1. The number of Topliss-reactive ketones (excluding diaryl/α,β-unsaturated/α-hetero) is 1. The molecular formula is C33H34O8. The Bertz CT molecular complexity index is 1420. The molecule has 0 aromatic heterocycles. The standard InChI is InChI=1S/C33H34O8/c1-36-24-15-16-25(28(17-24)40-20-22-11-7-5-8-12-22)32(35)31(33(38-3)39-4)26-18-30(37-2)27(34)19-29(26)41-21-23-13-9-6-10-14-23/h5-19,31,33-34H,20-21H2,1-4H3. The van der Waals surface area contributed by atoms with Gasteiger partial charge in [-0.25, -0.2) is 0 Å². The Morgan fingerprint density at radius 3 is 1.80 bits per heavy atom. The highest BCUT2D eigenvalue weighted by atomic mass is 16.7. The van der Waals surface area contributed by atoms with Crippen LogP contribution in [0.25, 0.3) is 0 Å². The van der Waals surface area contributed by atoms with Crippen molar-refractivity contribution in [3.63, 3.8) is 0 Å². The topological polar surface area (TPSA) is 92.7 Å². The van der Waals surface area contributed by atoms with E-state index in [0.29, 0.717) is 22.6 Å². The predicted octanol–water partition coefficient (Wildman–Crippen LogP) is 6.15. The Kier molecular flexibility index (Phi) is 10.2. The molecule has 4 aromatic carbocycles. The van der Waals surface area contributed by atoms with Crippen molar-refractivity contribution in [1.82, 2.24) is 0 Å². The third kappa shape index (κ3) is 7.16. The summed E-state index contributed by atoms with van der Waals surface area (Å²) in [5.74, 6) is -0.162. The number of benzene rings is 4.